The maximum atomic E-state index is 12.5. The molecule has 142 valence electrons. The molecule has 2 fully saturated rings. The Labute approximate surface area is 163 Å². The Hall–Kier alpha value is -0.970. The Balaban J connectivity index is 0.00000156. The van der Waals surface area contributed by atoms with E-state index in [1.807, 2.05) is 24.3 Å². The maximum Gasteiger partial charge on any atom is 0.222 e. The van der Waals surface area contributed by atoms with Gasteiger partial charge in [0.15, 0.2) is 0 Å². The maximum absolute atomic E-state index is 12.5. The number of rotatable bonds is 4. The molecular formula is C19H31Cl2N3O. The molecule has 0 spiro atoms. The normalized spacial score (nSPS) is 19.0. The molecule has 1 aliphatic carbocycles. The highest BCUT2D eigenvalue weighted by molar-refractivity contribution is 5.85. The Kier molecular flexibility index (Phi) is 9.62. The number of nitrogens with two attached hydrogens (primary N) is 1. The van der Waals surface area contributed by atoms with Gasteiger partial charge in [-0.05, 0) is 37.3 Å². The lowest BCUT2D eigenvalue weighted by atomic mass is 10.1. The predicted molar refractivity (Wildman–Crippen MR) is 109 cm³/mol. The molecule has 2 N–H and O–H groups in total. The van der Waals surface area contributed by atoms with E-state index in [0.717, 1.165) is 56.3 Å². The molecule has 1 saturated carbocycles. The van der Waals surface area contributed by atoms with Crippen molar-refractivity contribution in [2.24, 2.45) is 0 Å². The number of benzene rings is 1. The number of aryl methyl sites for hydroxylation is 1. The Morgan fingerprint density at radius 1 is 1.00 bits per heavy atom. The van der Waals surface area contributed by atoms with E-state index in [2.05, 4.69) is 9.80 Å². The Bertz CT molecular complexity index is 535. The average Bonchev–Trinajstić information content (AvgIpc) is 2.98. The van der Waals surface area contributed by atoms with Crippen molar-refractivity contribution >= 4 is 36.4 Å². The number of nitrogen functional groups attached to an aromatic ring is 1. The van der Waals surface area contributed by atoms with Crippen LogP contribution in [-0.2, 0) is 11.2 Å². The zero-order valence-corrected chi connectivity index (χ0v) is 16.5. The van der Waals surface area contributed by atoms with Gasteiger partial charge in [-0.15, -0.1) is 24.8 Å². The highest BCUT2D eigenvalue weighted by atomic mass is 35.5. The average molecular weight is 388 g/mol. The topological polar surface area (TPSA) is 49.6 Å². The number of halogens is 2. The highest BCUT2D eigenvalue weighted by Gasteiger charge is 2.25. The van der Waals surface area contributed by atoms with Crippen molar-refractivity contribution in [3.8, 4) is 0 Å². The number of hydrogen-bond donors (Lipinski definition) is 1. The van der Waals surface area contributed by atoms with Gasteiger partial charge >= 0.3 is 0 Å². The molecule has 25 heavy (non-hydrogen) atoms. The number of carbonyl (C=O) groups excluding carboxylic acids is 1. The second-order valence-corrected chi connectivity index (χ2v) is 6.91. The minimum Gasteiger partial charge on any atom is -0.399 e. The summed E-state index contributed by atoms with van der Waals surface area (Å²) in [7, 11) is 0. The first-order valence-corrected chi connectivity index (χ1v) is 9.09. The first kappa shape index (κ1) is 22.1. The van der Waals surface area contributed by atoms with Gasteiger partial charge in [0.05, 0.1) is 0 Å². The number of anilines is 1. The van der Waals surface area contributed by atoms with E-state index < -0.39 is 0 Å². The molecule has 4 nitrogen and oxygen atoms in total. The fraction of sp³-hybridized carbons (Fsp3) is 0.632. The van der Waals surface area contributed by atoms with Crippen LogP contribution in [0.5, 0.6) is 0 Å². The summed E-state index contributed by atoms with van der Waals surface area (Å²) in [6.07, 6.45) is 7.87. The van der Waals surface area contributed by atoms with Crippen LogP contribution in [0.2, 0.25) is 0 Å². The fourth-order valence-corrected chi connectivity index (χ4v) is 3.98. The molecule has 1 aliphatic heterocycles. The Morgan fingerprint density at radius 3 is 2.44 bits per heavy atom. The first-order chi connectivity index (χ1) is 11.2. The van der Waals surface area contributed by atoms with Crippen molar-refractivity contribution in [1.29, 1.82) is 0 Å². The van der Waals surface area contributed by atoms with E-state index in [1.165, 1.54) is 25.7 Å². The van der Waals surface area contributed by atoms with E-state index in [4.69, 9.17) is 5.73 Å². The molecule has 0 aromatic heterocycles. The van der Waals surface area contributed by atoms with Crippen LogP contribution in [0.4, 0.5) is 5.69 Å². The van der Waals surface area contributed by atoms with Crippen LogP contribution in [0.25, 0.3) is 0 Å². The second kappa shape index (κ2) is 10.9. The Morgan fingerprint density at radius 2 is 1.72 bits per heavy atom. The number of amides is 1. The summed E-state index contributed by atoms with van der Waals surface area (Å²) in [5.41, 5.74) is 7.85. The summed E-state index contributed by atoms with van der Waals surface area (Å²) in [6.45, 7) is 4.00. The minimum atomic E-state index is 0. The van der Waals surface area contributed by atoms with Crippen LogP contribution in [0.1, 0.15) is 44.1 Å². The summed E-state index contributed by atoms with van der Waals surface area (Å²) in [6, 6.07) is 8.63. The number of nitrogens with zero attached hydrogens (tertiary/aromatic N) is 2. The lowest BCUT2D eigenvalue weighted by Gasteiger charge is -2.27. The molecule has 6 heteroatoms. The van der Waals surface area contributed by atoms with Gasteiger partial charge < -0.3 is 10.6 Å². The molecule has 1 heterocycles. The van der Waals surface area contributed by atoms with Crippen LogP contribution in [-0.4, -0.2) is 47.9 Å². The summed E-state index contributed by atoms with van der Waals surface area (Å²) >= 11 is 0. The van der Waals surface area contributed by atoms with Crippen molar-refractivity contribution in [1.82, 2.24) is 9.80 Å². The van der Waals surface area contributed by atoms with E-state index >= 15 is 0 Å². The van der Waals surface area contributed by atoms with Gasteiger partial charge in [0.2, 0.25) is 5.91 Å². The van der Waals surface area contributed by atoms with Crippen LogP contribution in [0, 0.1) is 0 Å². The van der Waals surface area contributed by atoms with Crippen molar-refractivity contribution in [3.05, 3.63) is 29.8 Å². The number of carbonyl (C=O) groups is 1. The first-order valence-electron chi connectivity index (χ1n) is 9.09. The molecule has 2 aliphatic rings. The number of para-hydroxylation sites is 1. The fourth-order valence-electron chi connectivity index (χ4n) is 3.98. The van der Waals surface area contributed by atoms with E-state index in [-0.39, 0.29) is 30.7 Å². The van der Waals surface area contributed by atoms with Crippen LogP contribution in [0.3, 0.4) is 0 Å². The third-order valence-corrected chi connectivity index (χ3v) is 5.39. The van der Waals surface area contributed by atoms with Crippen LogP contribution in [0.15, 0.2) is 24.3 Å². The second-order valence-electron chi connectivity index (χ2n) is 6.91. The highest BCUT2D eigenvalue weighted by Crippen LogP contribution is 2.24. The molecule has 1 saturated heterocycles. The molecule has 1 amide bonds. The SMILES string of the molecule is Cl.Cl.Nc1ccccc1CCC(=O)N1CCCN(C2CCCC2)CC1. The van der Waals surface area contributed by atoms with Gasteiger partial charge in [-0.3, -0.25) is 9.69 Å². The van der Waals surface area contributed by atoms with Crippen molar-refractivity contribution < 1.29 is 4.79 Å². The van der Waals surface area contributed by atoms with Crippen LogP contribution < -0.4 is 5.73 Å². The molecule has 0 atom stereocenters. The van der Waals surface area contributed by atoms with E-state index in [9.17, 15) is 4.79 Å². The molecule has 3 rings (SSSR count). The van der Waals surface area contributed by atoms with Gasteiger partial charge in [0, 0.05) is 44.3 Å². The zero-order valence-electron chi connectivity index (χ0n) is 14.9. The monoisotopic (exact) mass is 387 g/mol. The van der Waals surface area contributed by atoms with Gasteiger partial charge in [0.25, 0.3) is 0 Å². The third-order valence-electron chi connectivity index (χ3n) is 5.39. The van der Waals surface area contributed by atoms with Gasteiger partial charge in [-0.2, -0.15) is 0 Å². The molecular weight excluding hydrogens is 357 g/mol. The van der Waals surface area contributed by atoms with Crippen LogP contribution >= 0.6 is 24.8 Å². The lowest BCUT2D eigenvalue weighted by molar-refractivity contribution is -0.131. The van der Waals surface area contributed by atoms with Crippen molar-refractivity contribution in [2.45, 2.75) is 51.0 Å². The third kappa shape index (κ3) is 6.05. The molecule has 0 unspecified atom stereocenters. The molecule has 0 radical (unpaired) electrons. The smallest absolute Gasteiger partial charge is 0.222 e. The summed E-state index contributed by atoms with van der Waals surface area (Å²) < 4.78 is 0. The van der Waals surface area contributed by atoms with E-state index in [0.29, 0.717) is 6.42 Å². The zero-order chi connectivity index (χ0) is 16.1. The lowest BCUT2D eigenvalue weighted by Crippen LogP contribution is -2.38. The summed E-state index contributed by atoms with van der Waals surface area (Å²) in [4.78, 5) is 17.2. The van der Waals surface area contributed by atoms with Crippen molar-refractivity contribution in [3.63, 3.8) is 0 Å². The molecule has 1 aromatic carbocycles. The molecule has 0 bridgehead atoms. The van der Waals surface area contributed by atoms with Gasteiger partial charge in [-0.1, -0.05) is 31.0 Å². The predicted octanol–water partition coefficient (Wildman–Crippen LogP) is 3.52. The largest absolute Gasteiger partial charge is 0.399 e. The van der Waals surface area contributed by atoms with Gasteiger partial charge in [0.1, 0.15) is 0 Å². The van der Waals surface area contributed by atoms with E-state index in [1.54, 1.807) is 0 Å². The summed E-state index contributed by atoms with van der Waals surface area (Å²) in [5.74, 6) is 0.279. The van der Waals surface area contributed by atoms with Crippen molar-refractivity contribution in [2.75, 3.05) is 31.9 Å². The number of hydrogen-bond acceptors (Lipinski definition) is 3. The van der Waals surface area contributed by atoms with Gasteiger partial charge in [-0.25, -0.2) is 0 Å². The molecule has 1 aromatic rings. The standard InChI is InChI=1S/C19H29N3O.2ClH/c20-18-9-4-1-6-16(18)10-11-19(23)22-13-5-12-21(14-15-22)17-7-2-3-8-17;;/h1,4,6,9,17H,2-3,5,7-8,10-15,20H2;2*1H. The summed E-state index contributed by atoms with van der Waals surface area (Å²) in [5, 5.41) is 0. The quantitative estimate of drug-likeness (QED) is 0.803. The minimum absolute atomic E-state index is 0.